The molecular formula is C16H18F3N3O4S. The smallest absolute Gasteiger partial charge is 0.442 e. The molecule has 2 aromatic rings. The van der Waals surface area contributed by atoms with E-state index in [9.17, 15) is 22.8 Å². The summed E-state index contributed by atoms with van der Waals surface area (Å²) in [4.78, 5) is 27.8. The van der Waals surface area contributed by atoms with Gasteiger partial charge in [0.2, 0.25) is 5.91 Å². The molecule has 0 spiro atoms. The quantitative estimate of drug-likeness (QED) is 0.544. The van der Waals surface area contributed by atoms with Crippen molar-refractivity contribution in [2.45, 2.75) is 32.1 Å². The van der Waals surface area contributed by atoms with E-state index in [1.54, 1.807) is 30.4 Å². The molecule has 2 rings (SSSR count). The maximum Gasteiger partial charge on any atom is 0.442 e. The van der Waals surface area contributed by atoms with Crippen molar-refractivity contribution < 1.29 is 32.2 Å². The van der Waals surface area contributed by atoms with Crippen molar-refractivity contribution in [3.8, 4) is 5.75 Å². The zero-order valence-electron chi connectivity index (χ0n) is 14.8. The Balaban J connectivity index is 2.49. The van der Waals surface area contributed by atoms with Gasteiger partial charge in [-0.2, -0.15) is 13.2 Å². The molecule has 0 aliphatic carbocycles. The molecule has 0 aliphatic rings. The Morgan fingerprint density at radius 1 is 1.26 bits per heavy atom. The largest absolute Gasteiger partial charge is 0.494 e. The van der Waals surface area contributed by atoms with E-state index in [1.807, 2.05) is 5.32 Å². The first-order valence-corrected chi connectivity index (χ1v) is 8.76. The van der Waals surface area contributed by atoms with Gasteiger partial charge in [0, 0.05) is 6.42 Å². The minimum atomic E-state index is -5.18. The van der Waals surface area contributed by atoms with Crippen LogP contribution in [0.25, 0.3) is 10.2 Å². The second-order valence-corrected chi connectivity index (χ2v) is 6.38. The number of methoxy groups -OCH3 is 1. The van der Waals surface area contributed by atoms with E-state index in [4.69, 9.17) is 4.74 Å². The van der Waals surface area contributed by atoms with E-state index in [0.717, 1.165) is 18.4 Å². The molecule has 1 aromatic carbocycles. The summed E-state index contributed by atoms with van der Waals surface area (Å²) < 4.78 is 51.6. The van der Waals surface area contributed by atoms with Gasteiger partial charge in [0.25, 0.3) is 0 Å². The van der Waals surface area contributed by atoms with Crippen LogP contribution in [0.15, 0.2) is 18.2 Å². The van der Waals surface area contributed by atoms with Crippen LogP contribution in [0.2, 0.25) is 0 Å². The lowest BCUT2D eigenvalue weighted by atomic mass is 10.1. The zero-order valence-corrected chi connectivity index (χ0v) is 15.6. The minimum Gasteiger partial charge on any atom is -0.494 e. The number of carbonyl (C=O) groups is 2. The molecule has 1 amide bonds. The van der Waals surface area contributed by atoms with Crippen LogP contribution in [0.4, 0.5) is 18.3 Å². The maximum absolute atomic E-state index is 13.8. The Morgan fingerprint density at radius 2 is 1.96 bits per heavy atom. The summed E-state index contributed by atoms with van der Waals surface area (Å²) >= 11 is 0.882. The summed E-state index contributed by atoms with van der Waals surface area (Å²) in [5.74, 6) is -2.15. The molecule has 0 fully saturated rings. The molecule has 0 aliphatic heterocycles. The lowest BCUT2D eigenvalue weighted by Gasteiger charge is -2.33. The lowest BCUT2D eigenvalue weighted by Crippen LogP contribution is -2.69. The van der Waals surface area contributed by atoms with Crippen LogP contribution in [0, 0.1) is 0 Å². The normalized spacial score (nSPS) is 13.7. The van der Waals surface area contributed by atoms with E-state index >= 15 is 0 Å². The molecule has 1 atom stereocenters. The summed E-state index contributed by atoms with van der Waals surface area (Å²) in [6, 6.07) is 4.84. The number of halogens is 3. The van der Waals surface area contributed by atoms with Gasteiger partial charge in [-0.1, -0.05) is 18.3 Å². The average Bonchev–Trinajstić information content (AvgIpc) is 3.00. The summed E-state index contributed by atoms with van der Waals surface area (Å²) in [6.45, 7) is 3.59. The highest BCUT2D eigenvalue weighted by Crippen LogP contribution is 2.36. The summed E-state index contributed by atoms with van der Waals surface area (Å²) in [5.41, 5.74) is -3.04. The van der Waals surface area contributed by atoms with Crippen LogP contribution in [0.5, 0.6) is 5.75 Å². The standard InChI is InChI=1S/C16H18F3N3O4S/c1-4-12(23)21-15(13(24)25-3,16(17,18)19)22-14-20-10-7-6-9(26-5-2)8-11(10)27-14/h6-8H,4-5H2,1-3H3,(H,20,22)(H,21,23)/t15-/m1/s1. The van der Waals surface area contributed by atoms with Crippen LogP contribution in [0.3, 0.4) is 0 Å². The highest BCUT2D eigenvalue weighted by atomic mass is 32.1. The number of esters is 1. The number of amides is 1. The molecule has 7 nitrogen and oxygen atoms in total. The molecule has 11 heteroatoms. The maximum atomic E-state index is 13.8. The van der Waals surface area contributed by atoms with Crippen molar-refractivity contribution in [1.29, 1.82) is 0 Å². The Hall–Kier alpha value is -2.56. The number of rotatable bonds is 7. The topological polar surface area (TPSA) is 89.5 Å². The molecule has 0 unspecified atom stereocenters. The molecular weight excluding hydrogens is 387 g/mol. The minimum absolute atomic E-state index is 0.210. The first-order chi connectivity index (χ1) is 12.7. The fourth-order valence-electron chi connectivity index (χ4n) is 2.22. The predicted molar refractivity (Wildman–Crippen MR) is 93.6 cm³/mol. The number of hydrogen-bond donors (Lipinski definition) is 2. The van der Waals surface area contributed by atoms with Crippen molar-refractivity contribution >= 4 is 38.6 Å². The lowest BCUT2D eigenvalue weighted by molar-refractivity contribution is -0.206. The Bertz CT molecular complexity index is 840. The van der Waals surface area contributed by atoms with Gasteiger partial charge < -0.3 is 20.1 Å². The molecule has 148 valence electrons. The highest BCUT2D eigenvalue weighted by Gasteiger charge is 2.63. The van der Waals surface area contributed by atoms with Crippen LogP contribution >= 0.6 is 11.3 Å². The Morgan fingerprint density at radius 3 is 2.52 bits per heavy atom. The number of ether oxygens (including phenoxy) is 2. The Labute approximate surface area is 156 Å². The number of nitrogens with one attached hydrogen (secondary N) is 2. The Kier molecular flexibility index (Phi) is 6.14. The first-order valence-electron chi connectivity index (χ1n) is 7.94. The van der Waals surface area contributed by atoms with Crippen LogP contribution in [-0.2, 0) is 14.3 Å². The third-order valence-corrected chi connectivity index (χ3v) is 4.46. The predicted octanol–water partition coefficient (Wildman–Crippen LogP) is 3.06. The molecule has 1 aromatic heterocycles. The zero-order chi connectivity index (χ0) is 20.2. The fourth-order valence-corrected chi connectivity index (χ4v) is 3.17. The number of nitrogens with zero attached hydrogens (tertiary/aromatic N) is 1. The van der Waals surface area contributed by atoms with Crippen molar-refractivity contribution in [3.05, 3.63) is 18.2 Å². The first kappa shape index (κ1) is 20.7. The average molecular weight is 405 g/mol. The van der Waals surface area contributed by atoms with Gasteiger partial charge >= 0.3 is 17.8 Å². The molecule has 0 saturated heterocycles. The van der Waals surface area contributed by atoms with Crippen molar-refractivity contribution in [1.82, 2.24) is 10.3 Å². The second-order valence-electron chi connectivity index (χ2n) is 5.35. The summed E-state index contributed by atoms with van der Waals surface area (Å²) in [6.07, 6.45) is -5.44. The van der Waals surface area contributed by atoms with E-state index < -0.39 is 23.7 Å². The molecule has 0 saturated carbocycles. The highest BCUT2D eigenvalue weighted by molar-refractivity contribution is 7.22. The number of hydrogen-bond acceptors (Lipinski definition) is 7. The molecule has 0 bridgehead atoms. The second kappa shape index (κ2) is 7.99. The van der Waals surface area contributed by atoms with Crippen LogP contribution < -0.4 is 15.4 Å². The monoisotopic (exact) mass is 405 g/mol. The van der Waals surface area contributed by atoms with E-state index in [0.29, 0.717) is 22.6 Å². The summed E-state index contributed by atoms with van der Waals surface area (Å²) in [5, 5.41) is 3.50. The summed E-state index contributed by atoms with van der Waals surface area (Å²) in [7, 11) is 0.801. The van der Waals surface area contributed by atoms with Gasteiger partial charge in [-0.05, 0) is 25.1 Å². The van der Waals surface area contributed by atoms with Crippen molar-refractivity contribution in [2.75, 3.05) is 19.0 Å². The number of fused-ring (bicyclic) bond motifs is 1. The van der Waals surface area contributed by atoms with Crippen LogP contribution in [-0.4, -0.2) is 42.4 Å². The molecule has 1 heterocycles. The van der Waals surface area contributed by atoms with Gasteiger partial charge in [-0.3, -0.25) is 4.79 Å². The number of benzene rings is 1. The van der Waals surface area contributed by atoms with Gasteiger partial charge in [0.05, 0.1) is 23.9 Å². The molecule has 27 heavy (non-hydrogen) atoms. The number of anilines is 1. The van der Waals surface area contributed by atoms with Crippen LogP contribution in [0.1, 0.15) is 20.3 Å². The number of aromatic nitrogens is 1. The number of alkyl halides is 3. The van der Waals surface area contributed by atoms with Gasteiger partial charge in [-0.15, -0.1) is 0 Å². The van der Waals surface area contributed by atoms with Crippen molar-refractivity contribution in [2.24, 2.45) is 0 Å². The fraction of sp³-hybridized carbons (Fsp3) is 0.438. The van der Waals surface area contributed by atoms with E-state index in [2.05, 4.69) is 9.72 Å². The number of thiazole rings is 1. The van der Waals surface area contributed by atoms with E-state index in [1.165, 1.54) is 6.92 Å². The van der Waals surface area contributed by atoms with Crippen molar-refractivity contribution in [3.63, 3.8) is 0 Å². The number of carbonyl (C=O) groups excluding carboxylic acids is 2. The molecule has 0 radical (unpaired) electrons. The van der Waals surface area contributed by atoms with Gasteiger partial charge in [-0.25, -0.2) is 9.78 Å². The van der Waals surface area contributed by atoms with E-state index in [-0.39, 0.29) is 11.6 Å². The third kappa shape index (κ3) is 4.24. The van der Waals surface area contributed by atoms with Gasteiger partial charge in [0.15, 0.2) is 5.13 Å². The SMILES string of the molecule is CCOc1ccc2nc(N[C@](NC(=O)CC)(C(=O)OC)C(F)(F)F)sc2c1. The third-order valence-electron chi connectivity index (χ3n) is 3.53. The van der Waals surface area contributed by atoms with Gasteiger partial charge in [0.1, 0.15) is 5.75 Å². The molecule has 2 N–H and O–H groups in total.